The third-order valence-electron chi connectivity index (χ3n) is 4.76. The lowest BCUT2D eigenvalue weighted by atomic mass is 10.0. The Morgan fingerprint density at radius 1 is 1.05 bits per heavy atom. The molecule has 3 nitrogen and oxygen atoms in total. The maximum atomic E-state index is 5.99. The van der Waals surface area contributed by atoms with Gasteiger partial charge in [-0.25, -0.2) is 0 Å². The first-order valence-corrected chi connectivity index (χ1v) is 8.79. The van der Waals surface area contributed by atoms with Gasteiger partial charge in [0.2, 0.25) is 0 Å². The molecule has 1 heterocycles. The molecule has 120 valence electrons. The molecule has 1 atom stereocenters. The Labute approximate surface area is 126 Å². The van der Waals surface area contributed by atoms with Crippen molar-refractivity contribution >= 4 is 0 Å². The van der Waals surface area contributed by atoms with Crippen LogP contribution in [0.4, 0.5) is 0 Å². The molecule has 0 aliphatic carbocycles. The van der Waals surface area contributed by atoms with E-state index in [2.05, 4.69) is 18.9 Å². The van der Waals surface area contributed by atoms with Crippen LogP contribution in [0.25, 0.3) is 0 Å². The standard InChI is InChI=1S/C17H36N2O/c1-3-4-5-6-7-8-9-10-17(15-18)19(2)16-11-13-20-14-12-16/h16-17H,3-15,18H2,1-2H3. The van der Waals surface area contributed by atoms with Gasteiger partial charge in [-0.15, -0.1) is 0 Å². The zero-order valence-corrected chi connectivity index (χ0v) is 13.8. The Balaban J connectivity index is 2.11. The van der Waals surface area contributed by atoms with Gasteiger partial charge in [0, 0.05) is 31.8 Å². The molecule has 0 bridgehead atoms. The van der Waals surface area contributed by atoms with Gasteiger partial charge < -0.3 is 10.5 Å². The van der Waals surface area contributed by atoms with E-state index in [0.29, 0.717) is 12.1 Å². The van der Waals surface area contributed by atoms with Gasteiger partial charge in [0.05, 0.1) is 0 Å². The Kier molecular flexibility index (Phi) is 10.3. The molecule has 3 heteroatoms. The Bertz CT molecular complexity index is 217. The van der Waals surface area contributed by atoms with E-state index in [-0.39, 0.29) is 0 Å². The second-order valence-electron chi connectivity index (χ2n) is 6.31. The molecular formula is C17H36N2O. The molecule has 0 amide bonds. The van der Waals surface area contributed by atoms with Gasteiger partial charge in [0.1, 0.15) is 0 Å². The fourth-order valence-electron chi connectivity index (χ4n) is 3.22. The monoisotopic (exact) mass is 284 g/mol. The normalized spacial score (nSPS) is 18.6. The Morgan fingerprint density at radius 3 is 2.25 bits per heavy atom. The van der Waals surface area contributed by atoms with E-state index >= 15 is 0 Å². The van der Waals surface area contributed by atoms with Gasteiger partial charge in [0.25, 0.3) is 0 Å². The van der Waals surface area contributed by atoms with Crippen molar-refractivity contribution in [3.8, 4) is 0 Å². The number of likely N-dealkylation sites (N-methyl/N-ethyl adjacent to an activating group) is 1. The highest BCUT2D eigenvalue weighted by Crippen LogP contribution is 2.18. The molecule has 1 aliphatic rings. The zero-order valence-electron chi connectivity index (χ0n) is 13.8. The van der Waals surface area contributed by atoms with E-state index in [0.717, 1.165) is 19.8 Å². The van der Waals surface area contributed by atoms with Crippen LogP contribution in [0.5, 0.6) is 0 Å². The van der Waals surface area contributed by atoms with Gasteiger partial charge in [0.15, 0.2) is 0 Å². The van der Waals surface area contributed by atoms with Crippen LogP contribution in [0.2, 0.25) is 0 Å². The van der Waals surface area contributed by atoms with Crippen molar-refractivity contribution in [2.45, 2.75) is 83.2 Å². The predicted molar refractivity (Wildman–Crippen MR) is 87.1 cm³/mol. The molecular weight excluding hydrogens is 248 g/mol. The first-order valence-electron chi connectivity index (χ1n) is 8.79. The number of nitrogens with zero attached hydrogens (tertiary/aromatic N) is 1. The molecule has 0 aromatic carbocycles. The Hall–Kier alpha value is -0.120. The summed E-state index contributed by atoms with van der Waals surface area (Å²) in [4.78, 5) is 2.53. The molecule has 2 N–H and O–H groups in total. The molecule has 0 radical (unpaired) electrons. The van der Waals surface area contributed by atoms with E-state index < -0.39 is 0 Å². The smallest absolute Gasteiger partial charge is 0.0480 e. The summed E-state index contributed by atoms with van der Waals surface area (Å²) in [6.45, 7) is 4.91. The van der Waals surface area contributed by atoms with E-state index in [1.54, 1.807) is 0 Å². The molecule has 0 saturated carbocycles. The van der Waals surface area contributed by atoms with Gasteiger partial charge in [-0.1, -0.05) is 51.9 Å². The molecule has 20 heavy (non-hydrogen) atoms. The minimum absolute atomic E-state index is 0.564. The van der Waals surface area contributed by atoms with Crippen LogP contribution in [0.1, 0.15) is 71.1 Å². The van der Waals surface area contributed by atoms with Crippen LogP contribution >= 0.6 is 0 Å². The summed E-state index contributed by atoms with van der Waals surface area (Å²) in [5.41, 5.74) is 5.99. The second kappa shape index (κ2) is 11.5. The van der Waals surface area contributed by atoms with E-state index in [9.17, 15) is 0 Å². The number of unbranched alkanes of at least 4 members (excludes halogenated alkanes) is 6. The molecule has 0 aromatic rings. The summed E-state index contributed by atoms with van der Waals surface area (Å²) in [5, 5.41) is 0. The topological polar surface area (TPSA) is 38.5 Å². The van der Waals surface area contributed by atoms with Gasteiger partial charge in [-0.2, -0.15) is 0 Å². The lowest BCUT2D eigenvalue weighted by molar-refractivity contribution is 0.0280. The van der Waals surface area contributed by atoms with Crippen molar-refractivity contribution in [1.82, 2.24) is 4.90 Å². The van der Waals surface area contributed by atoms with Crippen LogP contribution in [0.3, 0.4) is 0 Å². The third kappa shape index (κ3) is 7.05. The van der Waals surface area contributed by atoms with Gasteiger partial charge >= 0.3 is 0 Å². The minimum atomic E-state index is 0.564. The lowest BCUT2D eigenvalue weighted by Gasteiger charge is -2.36. The first-order chi connectivity index (χ1) is 9.79. The third-order valence-corrected chi connectivity index (χ3v) is 4.76. The SMILES string of the molecule is CCCCCCCCCC(CN)N(C)C1CCOCC1. The van der Waals surface area contributed by atoms with Crippen LogP contribution in [0.15, 0.2) is 0 Å². The van der Waals surface area contributed by atoms with Gasteiger partial charge in [-0.3, -0.25) is 4.90 Å². The highest BCUT2D eigenvalue weighted by atomic mass is 16.5. The van der Waals surface area contributed by atoms with Crippen molar-refractivity contribution in [1.29, 1.82) is 0 Å². The summed E-state index contributed by atoms with van der Waals surface area (Å²) >= 11 is 0. The number of hydrogen-bond donors (Lipinski definition) is 1. The zero-order chi connectivity index (χ0) is 14.6. The van der Waals surface area contributed by atoms with Crippen molar-refractivity contribution in [2.75, 3.05) is 26.8 Å². The lowest BCUT2D eigenvalue weighted by Crippen LogP contribution is -2.46. The fraction of sp³-hybridized carbons (Fsp3) is 1.00. The predicted octanol–water partition coefficient (Wildman–Crippen LogP) is 3.57. The molecule has 0 spiro atoms. The van der Waals surface area contributed by atoms with Crippen LogP contribution in [-0.4, -0.2) is 43.8 Å². The molecule has 1 fully saturated rings. The first kappa shape index (κ1) is 17.9. The molecule has 0 aromatic heterocycles. The van der Waals surface area contributed by atoms with Crippen molar-refractivity contribution < 1.29 is 4.74 Å². The summed E-state index contributed by atoms with van der Waals surface area (Å²) in [6.07, 6.45) is 13.3. The van der Waals surface area contributed by atoms with Crippen LogP contribution in [0, 0.1) is 0 Å². The van der Waals surface area contributed by atoms with Crippen LogP contribution in [-0.2, 0) is 4.74 Å². The summed E-state index contributed by atoms with van der Waals surface area (Å²) in [6, 6.07) is 1.25. The van der Waals surface area contributed by atoms with Crippen LogP contribution < -0.4 is 5.73 Å². The van der Waals surface area contributed by atoms with E-state index in [1.807, 2.05) is 0 Å². The molecule has 1 aliphatic heterocycles. The van der Waals surface area contributed by atoms with Crippen molar-refractivity contribution in [3.05, 3.63) is 0 Å². The van der Waals surface area contributed by atoms with E-state index in [1.165, 1.54) is 64.2 Å². The number of ether oxygens (including phenoxy) is 1. The highest BCUT2D eigenvalue weighted by molar-refractivity contribution is 4.79. The highest BCUT2D eigenvalue weighted by Gasteiger charge is 2.23. The maximum absolute atomic E-state index is 5.99. The summed E-state index contributed by atoms with van der Waals surface area (Å²) < 4.78 is 5.45. The minimum Gasteiger partial charge on any atom is -0.381 e. The molecule has 1 rings (SSSR count). The summed E-state index contributed by atoms with van der Waals surface area (Å²) in [5.74, 6) is 0. The fourth-order valence-corrected chi connectivity index (χ4v) is 3.22. The molecule has 1 unspecified atom stereocenters. The Morgan fingerprint density at radius 2 is 1.65 bits per heavy atom. The largest absolute Gasteiger partial charge is 0.381 e. The molecule has 1 saturated heterocycles. The average Bonchev–Trinajstić information content (AvgIpc) is 2.50. The average molecular weight is 284 g/mol. The number of nitrogens with two attached hydrogens (primary N) is 1. The number of hydrogen-bond acceptors (Lipinski definition) is 3. The maximum Gasteiger partial charge on any atom is 0.0480 e. The summed E-state index contributed by atoms with van der Waals surface area (Å²) in [7, 11) is 2.26. The van der Waals surface area contributed by atoms with E-state index in [4.69, 9.17) is 10.5 Å². The van der Waals surface area contributed by atoms with Crippen molar-refractivity contribution in [3.63, 3.8) is 0 Å². The van der Waals surface area contributed by atoms with Crippen molar-refractivity contribution in [2.24, 2.45) is 5.73 Å². The van der Waals surface area contributed by atoms with Gasteiger partial charge in [-0.05, 0) is 26.3 Å². The quantitative estimate of drug-likeness (QED) is 0.590. The number of rotatable bonds is 11. The second-order valence-corrected chi connectivity index (χ2v) is 6.31.